The number of carbonyl (C=O) groups is 3. The van der Waals surface area contributed by atoms with Crippen LogP contribution in [-0.2, 0) is 20.8 Å². The number of benzene rings is 2. The molecular formula is C25H26N4O6. The Morgan fingerprint density at radius 2 is 1.71 bits per heavy atom. The number of alkyl carbamates (subject to hydrolysis) is 1. The summed E-state index contributed by atoms with van der Waals surface area (Å²) in [6.07, 6.45) is 1.31. The van der Waals surface area contributed by atoms with Crippen LogP contribution in [0.25, 0.3) is 11.1 Å². The molecule has 1 atom stereocenters. The number of carboxylic acids is 1. The third-order valence-electron chi connectivity index (χ3n) is 5.86. The second-order valence-corrected chi connectivity index (χ2v) is 8.02. The zero-order valence-electron chi connectivity index (χ0n) is 19.1. The summed E-state index contributed by atoms with van der Waals surface area (Å²) < 4.78 is 11.9. The van der Waals surface area contributed by atoms with Gasteiger partial charge in [-0.2, -0.15) is 0 Å². The highest BCUT2D eigenvalue weighted by Crippen LogP contribution is 2.44. The van der Waals surface area contributed by atoms with Crippen molar-refractivity contribution in [3.63, 3.8) is 0 Å². The molecule has 0 bridgehead atoms. The van der Waals surface area contributed by atoms with Crippen LogP contribution in [0, 0.1) is 0 Å². The number of carbonyl (C=O) groups excluding carboxylic acids is 2. The first-order valence-electron chi connectivity index (χ1n) is 11.1. The van der Waals surface area contributed by atoms with E-state index >= 15 is 0 Å². The SMILES string of the molecule is COC(CNC(=O)c1cn(CCNC(=O)OCC2c3ccccc3-c3ccccc32)cn1)C(=O)O. The molecule has 0 saturated carbocycles. The van der Waals surface area contributed by atoms with Gasteiger partial charge in [-0.25, -0.2) is 14.6 Å². The zero-order valence-corrected chi connectivity index (χ0v) is 19.1. The molecule has 2 aromatic carbocycles. The molecule has 0 fully saturated rings. The fourth-order valence-electron chi connectivity index (χ4n) is 4.08. The van der Waals surface area contributed by atoms with Crippen molar-refractivity contribution < 1.29 is 29.0 Å². The average molecular weight is 479 g/mol. The number of rotatable bonds is 10. The molecule has 10 heteroatoms. The fraction of sp³-hybridized carbons (Fsp3) is 0.280. The number of nitrogens with zero attached hydrogens (tertiary/aromatic N) is 2. The van der Waals surface area contributed by atoms with Crippen molar-refractivity contribution in [3.05, 3.63) is 77.9 Å². The summed E-state index contributed by atoms with van der Waals surface area (Å²) in [5.74, 6) is -1.70. The molecule has 0 saturated heterocycles. The van der Waals surface area contributed by atoms with E-state index in [4.69, 9.17) is 14.6 Å². The molecule has 35 heavy (non-hydrogen) atoms. The van der Waals surface area contributed by atoms with Gasteiger partial charge in [0.1, 0.15) is 12.3 Å². The van der Waals surface area contributed by atoms with Crippen LogP contribution < -0.4 is 10.6 Å². The molecule has 4 rings (SSSR count). The van der Waals surface area contributed by atoms with Gasteiger partial charge in [0.05, 0.1) is 12.9 Å². The molecule has 182 valence electrons. The van der Waals surface area contributed by atoms with E-state index in [-0.39, 0.29) is 31.3 Å². The van der Waals surface area contributed by atoms with Gasteiger partial charge in [-0.05, 0) is 22.3 Å². The maximum atomic E-state index is 12.3. The third kappa shape index (κ3) is 5.49. The molecule has 1 aliphatic carbocycles. The molecule has 1 unspecified atom stereocenters. The van der Waals surface area contributed by atoms with Crippen LogP contribution in [-0.4, -0.2) is 65.5 Å². The summed E-state index contributed by atoms with van der Waals surface area (Å²) in [5.41, 5.74) is 4.75. The minimum Gasteiger partial charge on any atom is -0.479 e. The number of hydrogen-bond donors (Lipinski definition) is 3. The van der Waals surface area contributed by atoms with E-state index in [1.165, 1.54) is 19.6 Å². The lowest BCUT2D eigenvalue weighted by molar-refractivity contribution is -0.148. The van der Waals surface area contributed by atoms with Crippen molar-refractivity contribution in [3.8, 4) is 11.1 Å². The molecule has 0 radical (unpaired) electrons. The Hall–Kier alpha value is -4.18. The second kappa shape index (κ2) is 10.8. The van der Waals surface area contributed by atoms with Crippen LogP contribution in [0.5, 0.6) is 0 Å². The molecule has 10 nitrogen and oxygen atoms in total. The predicted molar refractivity (Wildman–Crippen MR) is 126 cm³/mol. The Labute approximate surface area is 201 Å². The Morgan fingerprint density at radius 3 is 2.34 bits per heavy atom. The van der Waals surface area contributed by atoms with Crippen molar-refractivity contribution in [2.24, 2.45) is 0 Å². The first-order chi connectivity index (χ1) is 17.0. The van der Waals surface area contributed by atoms with Gasteiger partial charge in [0.25, 0.3) is 5.91 Å². The smallest absolute Gasteiger partial charge is 0.407 e. The lowest BCUT2D eigenvalue weighted by Gasteiger charge is -2.14. The highest BCUT2D eigenvalue weighted by molar-refractivity contribution is 5.92. The van der Waals surface area contributed by atoms with Crippen LogP contribution in [0.1, 0.15) is 27.5 Å². The van der Waals surface area contributed by atoms with E-state index in [1.807, 2.05) is 24.3 Å². The van der Waals surface area contributed by atoms with E-state index in [1.54, 1.807) is 4.57 Å². The van der Waals surface area contributed by atoms with Gasteiger partial charge in [0.2, 0.25) is 0 Å². The standard InChI is InChI=1S/C25H26N4O6/c1-34-22(24(31)32)12-27-23(30)21-13-29(15-28-21)11-10-26-25(33)35-14-20-18-8-4-2-6-16(18)17-7-3-5-9-19(17)20/h2-9,13,15,20,22H,10-12,14H2,1H3,(H,26,33)(H,27,30)(H,31,32). The van der Waals surface area contributed by atoms with Crippen LogP contribution in [0.2, 0.25) is 0 Å². The van der Waals surface area contributed by atoms with Crippen LogP contribution in [0.3, 0.4) is 0 Å². The van der Waals surface area contributed by atoms with E-state index in [0.717, 1.165) is 22.3 Å². The van der Waals surface area contributed by atoms with Crippen molar-refractivity contribution in [2.45, 2.75) is 18.6 Å². The Kier molecular flexibility index (Phi) is 7.41. The predicted octanol–water partition coefficient (Wildman–Crippen LogP) is 2.25. The maximum Gasteiger partial charge on any atom is 0.407 e. The molecule has 0 spiro atoms. The molecule has 3 N–H and O–H groups in total. The summed E-state index contributed by atoms with van der Waals surface area (Å²) >= 11 is 0. The van der Waals surface area contributed by atoms with Gasteiger partial charge >= 0.3 is 12.1 Å². The molecule has 2 amide bonds. The Morgan fingerprint density at radius 1 is 1.06 bits per heavy atom. The number of imidazole rings is 1. The lowest BCUT2D eigenvalue weighted by Crippen LogP contribution is -2.37. The van der Waals surface area contributed by atoms with E-state index in [0.29, 0.717) is 6.54 Å². The molecule has 1 aliphatic rings. The van der Waals surface area contributed by atoms with Crippen molar-refractivity contribution >= 4 is 18.0 Å². The molecule has 0 aliphatic heterocycles. The molecule has 1 aromatic heterocycles. The summed E-state index contributed by atoms with van der Waals surface area (Å²) in [6, 6.07) is 16.3. The van der Waals surface area contributed by atoms with Gasteiger partial charge in [0.15, 0.2) is 6.10 Å². The molecule has 1 heterocycles. The normalized spacial score (nSPS) is 12.9. The quantitative estimate of drug-likeness (QED) is 0.407. The van der Waals surface area contributed by atoms with Crippen molar-refractivity contribution in [2.75, 3.05) is 26.8 Å². The first-order valence-corrected chi connectivity index (χ1v) is 11.1. The van der Waals surface area contributed by atoms with Crippen molar-refractivity contribution in [1.82, 2.24) is 20.2 Å². The zero-order chi connectivity index (χ0) is 24.8. The number of methoxy groups -OCH3 is 1. The van der Waals surface area contributed by atoms with E-state index in [9.17, 15) is 14.4 Å². The average Bonchev–Trinajstić information content (AvgIpc) is 3.46. The van der Waals surface area contributed by atoms with Crippen LogP contribution in [0.15, 0.2) is 61.1 Å². The number of fused-ring (bicyclic) bond motifs is 3. The first kappa shape index (κ1) is 24.0. The van der Waals surface area contributed by atoms with E-state index in [2.05, 4.69) is 39.9 Å². The molecule has 3 aromatic rings. The highest BCUT2D eigenvalue weighted by Gasteiger charge is 2.29. The maximum absolute atomic E-state index is 12.3. The van der Waals surface area contributed by atoms with Crippen molar-refractivity contribution in [1.29, 1.82) is 0 Å². The summed E-state index contributed by atoms with van der Waals surface area (Å²) in [6.45, 7) is 0.702. The number of amides is 2. The topological polar surface area (TPSA) is 132 Å². The summed E-state index contributed by atoms with van der Waals surface area (Å²) in [4.78, 5) is 39.4. The number of aliphatic carboxylic acids is 1. The minimum absolute atomic E-state index is 0.0123. The van der Waals surface area contributed by atoms with Gasteiger partial charge in [-0.1, -0.05) is 48.5 Å². The Bertz CT molecular complexity index is 1180. The largest absolute Gasteiger partial charge is 0.479 e. The number of hydrogen-bond acceptors (Lipinski definition) is 6. The third-order valence-corrected chi connectivity index (χ3v) is 5.86. The van der Waals surface area contributed by atoms with Gasteiger partial charge in [-0.15, -0.1) is 0 Å². The summed E-state index contributed by atoms with van der Waals surface area (Å²) in [5, 5.41) is 14.1. The fourth-order valence-corrected chi connectivity index (χ4v) is 4.08. The highest BCUT2D eigenvalue weighted by atomic mass is 16.5. The lowest BCUT2D eigenvalue weighted by atomic mass is 9.98. The number of carboxylic acid groups (broad SMARTS) is 1. The van der Waals surface area contributed by atoms with Gasteiger partial charge < -0.3 is 29.8 Å². The monoisotopic (exact) mass is 478 g/mol. The van der Waals surface area contributed by atoms with Crippen LogP contribution >= 0.6 is 0 Å². The minimum atomic E-state index is -1.17. The van der Waals surface area contributed by atoms with Gasteiger partial charge in [-0.3, -0.25) is 4.79 Å². The molecular weight excluding hydrogens is 452 g/mol. The summed E-state index contributed by atoms with van der Waals surface area (Å²) in [7, 11) is 1.25. The van der Waals surface area contributed by atoms with Crippen LogP contribution in [0.4, 0.5) is 4.79 Å². The van der Waals surface area contributed by atoms with Gasteiger partial charge in [0, 0.05) is 32.3 Å². The number of nitrogens with one attached hydrogen (secondary N) is 2. The second-order valence-electron chi connectivity index (χ2n) is 8.02. The van der Waals surface area contributed by atoms with E-state index < -0.39 is 24.1 Å². The number of ether oxygens (including phenoxy) is 2. The Balaban J connectivity index is 1.23. The number of aromatic nitrogens is 2.